The second-order valence-electron chi connectivity index (χ2n) is 6.31. The summed E-state index contributed by atoms with van der Waals surface area (Å²) in [5.74, 6) is -0.434. The van der Waals surface area contributed by atoms with Crippen molar-refractivity contribution in [3.8, 4) is 11.3 Å². The highest BCUT2D eigenvalue weighted by Gasteiger charge is 2.15. The van der Waals surface area contributed by atoms with Crippen molar-refractivity contribution in [2.24, 2.45) is 0 Å². The largest absolute Gasteiger partial charge is 0.368 e. The number of halogens is 3. The molecule has 140 valence electrons. The number of fused-ring (bicyclic) bond motifs is 1. The zero-order valence-corrected chi connectivity index (χ0v) is 16.2. The lowest BCUT2D eigenvalue weighted by molar-refractivity contribution is 0.590. The van der Waals surface area contributed by atoms with E-state index in [0.29, 0.717) is 34.1 Å². The van der Waals surface area contributed by atoms with Crippen molar-refractivity contribution in [3.05, 3.63) is 81.8 Å². The molecule has 2 heterocycles. The number of rotatable bonds is 4. The summed E-state index contributed by atoms with van der Waals surface area (Å²) in [5, 5.41) is 2.05. The van der Waals surface area contributed by atoms with Gasteiger partial charge in [-0.2, -0.15) is 0 Å². The molecule has 7 heteroatoms. The van der Waals surface area contributed by atoms with Gasteiger partial charge in [0.25, 0.3) is 0 Å². The Balaban J connectivity index is 1.83. The van der Waals surface area contributed by atoms with Crippen LogP contribution in [0.4, 0.5) is 10.3 Å². The molecule has 2 aromatic heterocycles. The Labute approximate surface area is 171 Å². The van der Waals surface area contributed by atoms with E-state index < -0.39 is 5.82 Å². The molecule has 4 rings (SSSR count). The van der Waals surface area contributed by atoms with Crippen LogP contribution < -0.4 is 5.73 Å². The van der Waals surface area contributed by atoms with Gasteiger partial charge >= 0.3 is 0 Å². The van der Waals surface area contributed by atoms with E-state index in [1.165, 1.54) is 0 Å². The minimum Gasteiger partial charge on any atom is -0.368 e. The van der Waals surface area contributed by atoms with Gasteiger partial charge in [0, 0.05) is 16.0 Å². The molecule has 0 aliphatic heterocycles. The standard InChI is InChI=1S/C21H15Cl2FN4/c22-15-6-2-1-5-14(15)19-13(8-9-18-17(24)11-26-21(25)27-18)10-12-4-3-7-16(23)20(12)28-19/h1-7,10-11H,8-9H2,(H2,25,26,27). The van der Waals surface area contributed by atoms with E-state index in [1.54, 1.807) is 6.07 Å². The summed E-state index contributed by atoms with van der Waals surface area (Å²) < 4.78 is 14.0. The second kappa shape index (κ2) is 7.70. The van der Waals surface area contributed by atoms with E-state index in [4.69, 9.17) is 33.9 Å². The molecule has 0 aliphatic carbocycles. The van der Waals surface area contributed by atoms with Gasteiger partial charge in [-0.3, -0.25) is 0 Å². The van der Waals surface area contributed by atoms with Crippen molar-refractivity contribution < 1.29 is 4.39 Å². The summed E-state index contributed by atoms with van der Waals surface area (Å²) in [5.41, 5.74) is 8.98. The lowest BCUT2D eigenvalue weighted by Crippen LogP contribution is -2.05. The molecular weight excluding hydrogens is 398 g/mol. The SMILES string of the molecule is Nc1ncc(F)c(CCc2cc3cccc(Cl)c3nc2-c2ccccc2Cl)n1. The number of hydrogen-bond acceptors (Lipinski definition) is 4. The van der Waals surface area contributed by atoms with Crippen LogP contribution in [0.25, 0.3) is 22.2 Å². The molecular formula is C21H15Cl2FN4. The zero-order valence-electron chi connectivity index (χ0n) is 14.7. The number of pyridine rings is 1. The lowest BCUT2D eigenvalue weighted by atomic mass is 9.99. The van der Waals surface area contributed by atoms with Crippen LogP contribution in [0.15, 0.2) is 54.7 Å². The molecule has 2 N–H and O–H groups in total. The van der Waals surface area contributed by atoms with Crippen LogP contribution in [-0.4, -0.2) is 15.0 Å². The third-order valence-corrected chi connectivity index (χ3v) is 5.11. The number of aryl methyl sites for hydroxylation is 2. The van der Waals surface area contributed by atoms with Crippen LogP contribution in [0, 0.1) is 5.82 Å². The molecule has 0 unspecified atom stereocenters. The molecule has 2 aromatic carbocycles. The molecule has 0 atom stereocenters. The summed E-state index contributed by atoms with van der Waals surface area (Å²) in [7, 11) is 0. The number of nitrogens with two attached hydrogens (primary N) is 1. The minimum atomic E-state index is -0.481. The van der Waals surface area contributed by atoms with Crippen molar-refractivity contribution in [1.82, 2.24) is 15.0 Å². The van der Waals surface area contributed by atoms with E-state index in [2.05, 4.69) is 9.97 Å². The van der Waals surface area contributed by atoms with Gasteiger partial charge in [0.1, 0.15) is 0 Å². The molecule has 0 fully saturated rings. The average molecular weight is 413 g/mol. The van der Waals surface area contributed by atoms with Crippen LogP contribution in [0.1, 0.15) is 11.3 Å². The van der Waals surface area contributed by atoms with Gasteiger partial charge in [-0.25, -0.2) is 19.3 Å². The maximum atomic E-state index is 14.0. The quantitative estimate of drug-likeness (QED) is 0.480. The zero-order chi connectivity index (χ0) is 19.7. The topological polar surface area (TPSA) is 64.7 Å². The molecule has 28 heavy (non-hydrogen) atoms. The van der Waals surface area contributed by atoms with E-state index in [1.807, 2.05) is 42.5 Å². The van der Waals surface area contributed by atoms with Gasteiger partial charge in [0.2, 0.25) is 5.95 Å². The van der Waals surface area contributed by atoms with Crippen LogP contribution in [-0.2, 0) is 12.8 Å². The van der Waals surface area contributed by atoms with E-state index >= 15 is 0 Å². The van der Waals surface area contributed by atoms with Gasteiger partial charge in [-0.05, 0) is 36.6 Å². The van der Waals surface area contributed by atoms with Gasteiger partial charge in [-0.15, -0.1) is 0 Å². The van der Waals surface area contributed by atoms with Gasteiger partial charge < -0.3 is 5.73 Å². The molecule has 0 spiro atoms. The van der Waals surface area contributed by atoms with Gasteiger partial charge in [0.15, 0.2) is 5.82 Å². The average Bonchev–Trinajstić information content (AvgIpc) is 2.69. The Morgan fingerprint density at radius 1 is 0.929 bits per heavy atom. The first-order chi connectivity index (χ1) is 13.5. The van der Waals surface area contributed by atoms with E-state index in [0.717, 1.165) is 22.7 Å². The van der Waals surface area contributed by atoms with E-state index in [-0.39, 0.29) is 11.6 Å². The number of nitrogens with zero attached hydrogens (tertiary/aromatic N) is 3. The van der Waals surface area contributed by atoms with Crippen LogP contribution in [0.3, 0.4) is 0 Å². The van der Waals surface area contributed by atoms with Crippen LogP contribution in [0.2, 0.25) is 10.0 Å². The summed E-state index contributed by atoms with van der Waals surface area (Å²) in [6.45, 7) is 0. The first kappa shape index (κ1) is 18.6. The Morgan fingerprint density at radius 3 is 2.54 bits per heavy atom. The first-order valence-electron chi connectivity index (χ1n) is 8.63. The summed E-state index contributed by atoms with van der Waals surface area (Å²) >= 11 is 12.8. The second-order valence-corrected chi connectivity index (χ2v) is 7.12. The van der Waals surface area contributed by atoms with Crippen LogP contribution in [0.5, 0.6) is 0 Å². The van der Waals surface area contributed by atoms with Gasteiger partial charge in [-0.1, -0.05) is 53.5 Å². The molecule has 0 amide bonds. The Kier molecular flexibility index (Phi) is 5.11. The summed E-state index contributed by atoms with van der Waals surface area (Å²) in [6, 6.07) is 15.1. The molecule has 0 radical (unpaired) electrons. The third-order valence-electron chi connectivity index (χ3n) is 4.47. The predicted octanol–water partition coefficient (Wildman–Crippen LogP) is 5.51. The number of anilines is 1. The smallest absolute Gasteiger partial charge is 0.220 e. The number of hydrogen-bond donors (Lipinski definition) is 1. The van der Waals surface area contributed by atoms with Crippen molar-refractivity contribution in [1.29, 1.82) is 0 Å². The first-order valence-corrected chi connectivity index (χ1v) is 9.38. The van der Waals surface area contributed by atoms with Crippen molar-refractivity contribution >= 4 is 40.1 Å². The molecule has 0 saturated carbocycles. The Morgan fingerprint density at radius 2 is 1.71 bits per heavy atom. The molecule has 4 nitrogen and oxygen atoms in total. The molecule has 0 aliphatic rings. The number of benzene rings is 2. The van der Waals surface area contributed by atoms with Crippen molar-refractivity contribution in [2.45, 2.75) is 12.8 Å². The fourth-order valence-electron chi connectivity index (χ4n) is 3.13. The predicted molar refractivity (Wildman–Crippen MR) is 111 cm³/mol. The number of nitrogen functional groups attached to an aromatic ring is 1. The number of para-hydroxylation sites is 1. The Bertz CT molecular complexity index is 1180. The Hall–Kier alpha value is -2.76. The maximum Gasteiger partial charge on any atom is 0.220 e. The lowest BCUT2D eigenvalue weighted by Gasteiger charge is -2.13. The number of aromatic nitrogens is 3. The fourth-order valence-corrected chi connectivity index (χ4v) is 3.58. The summed E-state index contributed by atoms with van der Waals surface area (Å²) in [6.07, 6.45) is 1.94. The third kappa shape index (κ3) is 3.63. The molecule has 4 aromatic rings. The van der Waals surface area contributed by atoms with E-state index in [9.17, 15) is 4.39 Å². The van der Waals surface area contributed by atoms with Crippen molar-refractivity contribution in [3.63, 3.8) is 0 Å². The minimum absolute atomic E-state index is 0.0474. The normalized spacial score (nSPS) is 11.1. The highest BCUT2D eigenvalue weighted by molar-refractivity contribution is 6.35. The van der Waals surface area contributed by atoms with Crippen molar-refractivity contribution in [2.75, 3.05) is 5.73 Å². The van der Waals surface area contributed by atoms with Crippen LogP contribution >= 0.6 is 23.2 Å². The highest BCUT2D eigenvalue weighted by atomic mass is 35.5. The fraction of sp³-hybridized carbons (Fsp3) is 0.0952. The highest BCUT2D eigenvalue weighted by Crippen LogP contribution is 2.33. The van der Waals surface area contributed by atoms with Gasteiger partial charge in [0.05, 0.1) is 28.1 Å². The molecule has 0 bridgehead atoms. The maximum absolute atomic E-state index is 14.0. The molecule has 0 saturated heterocycles. The summed E-state index contributed by atoms with van der Waals surface area (Å²) in [4.78, 5) is 12.5. The monoisotopic (exact) mass is 412 g/mol.